The van der Waals surface area contributed by atoms with Gasteiger partial charge in [0.25, 0.3) is 0 Å². The fraction of sp³-hybridized carbons (Fsp3) is 0.261. The molecular weight excluding hydrogens is 414 g/mol. The standard InChI is InChI=1S/C23H22ClN5O2/c24-22-23(25-14-20(28-22)31-15-16-7-2-1-3-8-16)27-18-9-6-10-19-17(18)13-26-29(19)21-11-4-5-12-30-21/h1-3,6-10,13-14,21H,4-5,11-12,15H2,(H,25,27). The smallest absolute Gasteiger partial charge is 0.234 e. The van der Waals surface area contributed by atoms with Crippen LogP contribution in [-0.4, -0.2) is 26.4 Å². The second-order valence-electron chi connectivity index (χ2n) is 7.40. The zero-order valence-electron chi connectivity index (χ0n) is 16.9. The third-order valence-electron chi connectivity index (χ3n) is 5.26. The van der Waals surface area contributed by atoms with Gasteiger partial charge in [0.2, 0.25) is 5.88 Å². The van der Waals surface area contributed by atoms with Crippen LogP contribution in [0.4, 0.5) is 11.5 Å². The molecule has 2 aromatic heterocycles. The average Bonchev–Trinajstić information content (AvgIpc) is 3.26. The van der Waals surface area contributed by atoms with Gasteiger partial charge in [-0.05, 0) is 37.0 Å². The third-order valence-corrected chi connectivity index (χ3v) is 5.52. The summed E-state index contributed by atoms with van der Waals surface area (Å²) in [5.74, 6) is 0.836. The molecule has 31 heavy (non-hydrogen) atoms. The maximum absolute atomic E-state index is 6.38. The summed E-state index contributed by atoms with van der Waals surface area (Å²) in [7, 11) is 0. The zero-order chi connectivity index (χ0) is 21.0. The molecule has 0 bridgehead atoms. The highest BCUT2D eigenvalue weighted by atomic mass is 35.5. The van der Waals surface area contributed by atoms with Crippen LogP contribution >= 0.6 is 11.6 Å². The van der Waals surface area contributed by atoms with Crippen molar-refractivity contribution in [1.29, 1.82) is 0 Å². The largest absolute Gasteiger partial charge is 0.472 e. The molecule has 1 aliphatic heterocycles. The molecule has 0 amide bonds. The van der Waals surface area contributed by atoms with Crippen molar-refractivity contribution in [3.63, 3.8) is 0 Å². The second kappa shape index (κ2) is 8.91. The molecule has 1 unspecified atom stereocenters. The van der Waals surface area contributed by atoms with Crippen LogP contribution in [0.15, 0.2) is 60.9 Å². The van der Waals surface area contributed by atoms with Crippen molar-refractivity contribution in [2.24, 2.45) is 0 Å². The molecule has 7 nitrogen and oxygen atoms in total. The number of anilines is 2. The lowest BCUT2D eigenvalue weighted by Gasteiger charge is -2.23. The zero-order valence-corrected chi connectivity index (χ0v) is 17.6. The predicted molar refractivity (Wildman–Crippen MR) is 120 cm³/mol. The summed E-state index contributed by atoms with van der Waals surface area (Å²) >= 11 is 6.38. The predicted octanol–water partition coefficient (Wildman–Crippen LogP) is 5.50. The summed E-state index contributed by atoms with van der Waals surface area (Å²) in [6.45, 7) is 1.17. The van der Waals surface area contributed by atoms with Gasteiger partial charge < -0.3 is 14.8 Å². The van der Waals surface area contributed by atoms with Gasteiger partial charge in [-0.3, -0.25) is 0 Å². The van der Waals surface area contributed by atoms with Crippen LogP contribution in [0.3, 0.4) is 0 Å². The number of hydrogen-bond donors (Lipinski definition) is 1. The first kappa shape index (κ1) is 19.8. The van der Waals surface area contributed by atoms with E-state index in [0.29, 0.717) is 18.3 Å². The van der Waals surface area contributed by atoms with Crippen LogP contribution in [0.5, 0.6) is 5.88 Å². The summed E-state index contributed by atoms with van der Waals surface area (Å²) in [5.41, 5.74) is 2.91. The van der Waals surface area contributed by atoms with E-state index in [1.165, 1.54) is 0 Å². The number of benzene rings is 2. The Morgan fingerprint density at radius 2 is 2.00 bits per heavy atom. The molecule has 2 aromatic carbocycles. The monoisotopic (exact) mass is 435 g/mol. The number of aromatic nitrogens is 4. The highest BCUT2D eigenvalue weighted by molar-refractivity contribution is 6.31. The van der Waals surface area contributed by atoms with Crippen LogP contribution in [0.1, 0.15) is 31.1 Å². The summed E-state index contributed by atoms with van der Waals surface area (Å²) in [5, 5.41) is 9.06. The lowest BCUT2D eigenvalue weighted by Crippen LogP contribution is -2.18. The van der Waals surface area contributed by atoms with Crippen LogP contribution in [0.25, 0.3) is 10.9 Å². The Morgan fingerprint density at radius 1 is 1.10 bits per heavy atom. The first-order chi connectivity index (χ1) is 15.3. The van der Waals surface area contributed by atoms with Gasteiger partial charge in [0.05, 0.1) is 23.6 Å². The van der Waals surface area contributed by atoms with E-state index in [1.54, 1.807) is 6.20 Å². The minimum Gasteiger partial charge on any atom is -0.472 e. The number of nitrogens with zero attached hydrogens (tertiary/aromatic N) is 4. The molecule has 158 valence electrons. The molecule has 5 rings (SSSR count). The molecule has 0 aliphatic carbocycles. The van der Waals surface area contributed by atoms with Crippen LogP contribution in [0.2, 0.25) is 5.15 Å². The van der Waals surface area contributed by atoms with E-state index in [9.17, 15) is 0 Å². The fourth-order valence-corrected chi connectivity index (χ4v) is 3.87. The number of rotatable bonds is 6. The molecule has 0 radical (unpaired) electrons. The SMILES string of the molecule is Clc1nc(OCc2ccccc2)cnc1Nc1cccc2c1cnn2C1CCCCO1. The molecule has 0 saturated carbocycles. The van der Waals surface area contributed by atoms with Gasteiger partial charge in [-0.1, -0.05) is 48.0 Å². The van der Waals surface area contributed by atoms with Crippen molar-refractivity contribution in [3.8, 4) is 5.88 Å². The van der Waals surface area contributed by atoms with Crippen LogP contribution in [0, 0.1) is 0 Å². The van der Waals surface area contributed by atoms with Gasteiger partial charge in [0, 0.05) is 12.0 Å². The number of ether oxygens (including phenoxy) is 2. The first-order valence-electron chi connectivity index (χ1n) is 10.3. The Labute approximate surface area is 185 Å². The Balaban J connectivity index is 1.34. The fourth-order valence-electron chi connectivity index (χ4n) is 3.69. The molecule has 0 spiro atoms. The summed E-state index contributed by atoms with van der Waals surface area (Å²) < 4.78 is 13.6. The topological polar surface area (TPSA) is 74.1 Å². The summed E-state index contributed by atoms with van der Waals surface area (Å²) in [6.07, 6.45) is 6.60. The van der Waals surface area contributed by atoms with Crippen molar-refractivity contribution < 1.29 is 9.47 Å². The molecule has 8 heteroatoms. The van der Waals surface area contributed by atoms with Gasteiger partial charge in [0.15, 0.2) is 17.2 Å². The van der Waals surface area contributed by atoms with E-state index in [0.717, 1.165) is 48.0 Å². The molecule has 1 fully saturated rings. The lowest BCUT2D eigenvalue weighted by molar-refractivity contribution is -0.0366. The van der Waals surface area contributed by atoms with Crippen molar-refractivity contribution in [2.75, 3.05) is 11.9 Å². The van der Waals surface area contributed by atoms with E-state index >= 15 is 0 Å². The molecule has 4 aromatic rings. The third kappa shape index (κ3) is 4.33. The normalized spacial score (nSPS) is 16.4. The van der Waals surface area contributed by atoms with E-state index in [-0.39, 0.29) is 11.4 Å². The van der Waals surface area contributed by atoms with Crippen LogP contribution < -0.4 is 10.1 Å². The molecule has 1 atom stereocenters. The van der Waals surface area contributed by atoms with Gasteiger partial charge >= 0.3 is 0 Å². The molecule has 1 saturated heterocycles. The Hall–Kier alpha value is -3.16. The van der Waals surface area contributed by atoms with Gasteiger partial charge in [-0.2, -0.15) is 10.1 Å². The van der Waals surface area contributed by atoms with E-state index in [4.69, 9.17) is 21.1 Å². The number of hydrogen-bond acceptors (Lipinski definition) is 6. The quantitative estimate of drug-likeness (QED) is 0.431. The van der Waals surface area contributed by atoms with Crippen molar-refractivity contribution >= 4 is 34.0 Å². The molecule has 3 heterocycles. The second-order valence-corrected chi connectivity index (χ2v) is 7.75. The summed E-state index contributed by atoms with van der Waals surface area (Å²) in [6, 6.07) is 15.9. The lowest BCUT2D eigenvalue weighted by atomic mass is 10.2. The highest BCUT2D eigenvalue weighted by Crippen LogP contribution is 2.32. The van der Waals surface area contributed by atoms with Gasteiger partial charge in [-0.15, -0.1) is 0 Å². The Kier molecular flexibility index (Phi) is 5.69. The number of halogens is 1. The minimum absolute atomic E-state index is 0.0223. The highest BCUT2D eigenvalue weighted by Gasteiger charge is 2.19. The average molecular weight is 436 g/mol. The molecular formula is C23H22ClN5O2. The van der Waals surface area contributed by atoms with Crippen molar-refractivity contribution in [2.45, 2.75) is 32.1 Å². The first-order valence-corrected chi connectivity index (χ1v) is 10.7. The van der Waals surface area contributed by atoms with Gasteiger partial charge in [0.1, 0.15) is 6.61 Å². The van der Waals surface area contributed by atoms with E-state index in [1.807, 2.05) is 59.4 Å². The number of fused-ring (bicyclic) bond motifs is 1. The molecule has 1 N–H and O–H groups in total. The van der Waals surface area contributed by atoms with Crippen LogP contribution in [-0.2, 0) is 11.3 Å². The maximum Gasteiger partial charge on any atom is 0.234 e. The Morgan fingerprint density at radius 3 is 2.81 bits per heavy atom. The van der Waals surface area contributed by atoms with Gasteiger partial charge in [-0.25, -0.2) is 9.67 Å². The van der Waals surface area contributed by atoms with E-state index < -0.39 is 0 Å². The molecule has 1 aliphatic rings. The maximum atomic E-state index is 6.38. The summed E-state index contributed by atoms with van der Waals surface area (Å²) in [4.78, 5) is 8.73. The van der Waals surface area contributed by atoms with Crippen molar-refractivity contribution in [3.05, 3.63) is 71.6 Å². The minimum atomic E-state index is -0.0223. The van der Waals surface area contributed by atoms with E-state index in [2.05, 4.69) is 20.4 Å². The van der Waals surface area contributed by atoms with Crippen molar-refractivity contribution in [1.82, 2.24) is 19.7 Å². The Bertz CT molecular complexity index is 1180. The number of nitrogens with one attached hydrogen (secondary N) is 1.